The summed E-state index contributed by atoms with van der Waals surface area (Å²) in [6, 6.07) is 26.2. The van der Waals surface area contributed by atoms with Crippen molar-refractivity contribution in [1.82, 2.24) is 9.97 Å². The summed E-state index contributed by atoms with van der Waals surface area (Å²) in [4.78, 5) is 62.0. The number of carbonyl (C=O) groups excluding carboxylic acids is 4. The molecule has 2 N–H and O–H groups in total. The maximum absolute atomic E-state index is 13.5. The van der Waals surface area contributed by atoms with E-state index < -0.39 is 11.8 Å². The van der Waals surface area contributed by atoms with E-state index in [-0.39, 0.29) is 36.5 Å². The Morgan fingerprint density at radius 2 is 1.00 bits per heavy atom. The van der Waals surface area contributed by atoms with Crippen molar-refractivity contribution >= 4 is 103 Å². The highest BCUT2D eigenvalue weighted by atomic mass is 32.2. The van der Waals surface area contributed by atoms with Crippen LogP contribution in [0.2, 0.25) is 0 Å². The Labute approximate surface area is 286 Å². The maximum Gasteiger partial charge on any atom is 0.241 e. The van der Waals surface area contributed by atoms with Crippen molar-refractivity contribution in [1.29, 1.82) is 0 Å². The molecule has 2 unspecified atom stereocenters. The number of thiazole rings is 2. The summed E-state index contributed by atoms with van der Waals surface area (Å²) in [5.74, 6) is -2.12. The first-order chi connectivity index (χ1) is 22.7. The Morgan fingerprint density at radius 3 is 1.40 bits per heavy atom. The van der Waals surface area contributed by atoms with Crippen molar-refractivity contribution in [2.24, 2.45) is 0 Å². The van der Waals surface area contributed by atoms with Gasteiger partial charge in [0.05, 0.1) is 43.6 Å². The number of fused-ring (bicyclic) bond motifs is 2. The summed E-state index contributed by atoms with van der Waals surface area (Å²) in [5, 5.41) is 0. The first-order valence-electron chi connectivity index (χ1n) is 14.9. The number of aromatic amines is 2. The second kappa shape index (κ2) is 11.6. The van der Waals surface area contributed by atoms with E-state index in [0.29, 0.717) is 25.7 Å². The zero-order chi connectivity index (χ0) is 32.4. The van der Waals surface area contributed by atoms with Crippen LogP contribution in [0.25, 0.3) is 20.4 Å². The molecule has 0 saturated carbocycles. The standard InChI is InChI=1S/C35H24N4O4S4/c40-28-16-24(22-3-1-5-26-30(22)36-34(44)46-26)32(42)38(28)20-11-7-18(8-12-20)15-19-9-13-21(14-10-19)39-29(41)17-25(33(39)43)23-4-2-6-27-31(23)37-35(45)47-27/h1-14,24-25H,15-17H2,(H,36,44)(H,37,45). The summed E-state index contributed by atoms with van der Waals surface area (Å²) in [6.07, 6.45) is 0.792. The van der Waals surface area contributed by atoms with Gasteiger partial charge in [-0.05, 0) is 89.5 Å². The van der Waals surface area contributed by atoms with Crippen LogP contribution in [0.4, 0.5) is 11.4 Å². The molecule has 4 amide bonds. The minimum Gasteiger partial charge on any atom is -0.337 e. The second-order valence-electron chi connectivity index (χ2n) is 11.6. The SMILES string of the molecule is O=C1CC(c2cccc3sc(=S)[nH]c23)C(=O)N1c1ccc(Cc2ccc(N3C(=O)CC(c4cccc5sc(=S)[nH]c45)C3=O)cc2)cc1. The molecule has 4 aromatic carbocycles. The molecule has 232 valence electrons. The molecule has 8 nitrogen and oxygen atoms in total. The lowest BCUT2D eigenvalue weighted by Crippen LogP contribution is -2.30. The van der Waals surface area contributed by atoms with E-state index in [1.807, 2.05) is 60.7 Å². The topological polar surface area (TPSA) is 106 Å². The third kappa shape index (κ3) is 5.17. The Balaban J connectivity index is 0.967. The molecule has 2 aliphatic rings. The molecule has 0 radical (unpaired) electrons. The van der Waals surface area contributed by atoms with E-state index in [2.05, 4.69) is 9.97 Å². The summed E-state index contributed by atoms with van der Waals surface area (Å²) >= 11 is 13.5. The van der Waals surface area contributed by atoms with Crippen LogP contribution in [0.5, 0.6) is 0 Å². The van der Waals surface area contributed by atoms with Gasteiger partial charge in [-0.1, -0.05) is 48.5 Å². The highest BCUT2D eigenvalue weighted by Crippen LogP contribution is 2.39. The summed E-state index contributed by atoms with van der Waals surface area (Å²) < 4.78 is 3.19. The fourth-order valence-electron chi connectivity index (χ4n) is 6.62. The Kier molecular flexibility index (Phi) is 7.32. The third-order valence-corrected chi connectivity index (χ3v) is 11.2. The molecule has 2 aromatic heterocycles. The molecule has 8 rings (SSSR count). The molecule has 4 heterocycles. The second-order valence-corrected chi connectivity index (χ2v) is 15.1. The van der Waals surface area contributed by atoms with E-state index in [1.165, 1.54) is 32.5 Å². The van der Waals surface area contributed by atoms with Gasteiger partial charge in [-0.25, -0.2) is 0 Å². The van der Waals surface area contributed by atoms with Crippen LogP contribution in [-0.2, 0) is 25.6 Å². The number of nitrogens with zero attached hydrogens (tertiary/aromatic N) is 2. The average Bonchev–Trinajstić information content (AvgIpc) is 3.79. The molecule has 2 aliphatic heterocycles. The van der Waals surface area contributed by atoms with Gasteiger partial charge in [0.1, 0.15) is 0 Å². The van der Waals surface area contributed by atoms with Gasteiger partial charge in [-0.3, -0.25) is 29.0 Å². The van der Waals surface area contributed by atoms with Crippen molar-refractivity contribution in [3.05, 3.63) is 115 Å². The fraction of sp³-hybridized carbons (Fsp3) is 0.143. The van der Waals surface area contributed by atoms with Gasteiger partial charge >= 0.3 is 0 Å². The number of hydrogen-bond donors (Lipinski definition) is 2. The number of rotatable bonds is 6. The van der Waals surface area contributed by atoms with Crippen LogP contribution < -0.4 is 9.80 Å². The molecular weight excluding hydrogens is 669 g/mol. The van der Waals surface area contributed by atoms with Crippen molar-refractivity contribution in [3.8, 4) is 0 Å². The highest BCUT2D eigenvalue weighted by Gasteiger charge is 2.42. The number of anilines is 2. The lowest BCUT2D eigenvalue weighted by Gasteiger charge is -2.17. The monoisotopic (exact) mass is 692 g/mol. The van der Waals surface area contributed by atoms with Crippen molar-refractivity contribution < 1.29 is 19.2 Å². The molecule has 0 bridgehead atoms. The van der Waals surface area contributed by atoms with Gasteiger partial charge in [0.2, 0.25) is 23.6 Å². The molecule has 0 aliphatic carbocycles. The minimum atomic E-state index is -0.573. The van der Waals surface area contributed by atoms with Crippen LogP contribution in [0.1, 0.15) is 46.9 Å². The summed E-state index contributed by atoms with van der Waals surface area (Å²) in [6.45, 7) is 0. The van der Waals surface area contributed by atoms with Crippen LogP contribution >= 0.6 is 47.1 Å². The van der Waals surface area contributed by atoms with Gasteiger partial charge in [-0.15, -0.1) is 22.7 Å². The summed E-state index contributed by atoms with van der Waals surface area (Å²) in [7, 11) is 0. The predicted octanol–water partition coefficient (Wildman–Crippen LogP) is 7.92. The van der Waals surface area contributed by atoms with Crippen molar-refractivity contribution in [2.75, 3.05) is 9.80 Å². The van der Waals surface area contributed by atoms with E-state index >= 15 is 0 Å². The third-order valence-electron chi connectivity index (χ3n) is 8.82. The number of amides is 4. The van der Waals surface area contributed by atoms with E-state index in [1.54, 1.807) is 24.3 Å². The van der Waals surface area contributed by atoms with Crippen molar-refractivity contribution in [2.45, 2.75) is 31.1 Å². The molecule has 12 heteroatoms. The lowest BCUT2D eigenvalue weighted by molar-refractivity contribution is -0.123. The van der Waals surface area contributed by atoms with Crippen LogP contribution in [0.15, 0.2) is 84.9 Å². The molecule has 47 heavy (non-hydrogen) atoms. The van der Waals surface area contributed by atoms with Crippen LogP contribution in [-0.4, -0.2) is 33.6 Å². The number of hydrogen-bond acceptors (Lipinski definition) is 8. The number of carbonyl (C=O) groups is 4. The number of aromatic nitrogens is 2. The van der Waals surface area contributed by atoms with Gasteiger partial charge < -0.3 is 9.97 Å². The smallest absolute Gasteiger partial charge is 0.241 e. The molecule has 2 atom stereocenters. The van der Waals surface area contributed by atoms with Gasteiger partial charge in [0, 0.05) is 12.8 Å². The van der Waals surface area contributed by atoms with E-state index in [0.717, 1.165) is 42.7 Å². The van der Waals surface area contributed by atoms with Crippen LogP contribution in [0, 0.1) is 7.91 Å². The zero-order valence-corrected chi connectivity index (χ0v) is 27.8. The Bertz CT molecular complexity index is 2220. The molecule has 2 saturated heterocycles. The normalized spacial score (nSPS) is 18.4. The first kappa shape index (κ1) is 29.8. The zero-order valence-electron chi connectivity index (χ0n) is 24.5. The molecular formula is C35H24N4O4S4. The number of imide groups is 2. The minimum absolute atomic E-state index is 0.100. The number of benzene rings is 4. The number of H-pyrrole nitrogens is 2. The van der Waals surface area contributed by atoms with Crippen LogP contribution in [0.3, 0.4) is 0 Å². The fourth-order valence-corrected chi connectivity index (χ4v) is 8.91. The maximum atomic E-state index is 13.5. The van der Waals surface area contributed by atoms with Gasteiger partial charge in [0.15, 0.2) is 7.91 Å². The first-order valence-corrected chi connectivity index (χ1v) is 17.3. The number of nitrogens with one attached hydrogen (secondary N) is 2. The molecule has 0 spiro atoms. The Hall–Kier alpha value is -4.62. The summed E-state index contributed by atoms with van der Waals surface area (Å²) in [5.41, 5.74) is 6.25. The van der Waals surface area contributed by atoms with Gasteiger partial charge in [0.25, 0.3) is 0 Å². The largest absolute Gasteiger partial charge is 0.337 e. The Morgan fingerprint density at radius 1 is 0.596 bits per heavy atom. The average molecular weight is 693 g/mol. The number of para-hydroxylation sites is 2. The van der Waals surface area contributed by atoms with Crippen molar-refractivity contribution in [3.63, 3.8) is 0 Å². The highest BCUT2D eigenvalue weighted by molar-refractivity contribution is 7.74. The lowest BCUT2D eigenvalue weighted by atomic mass is 9.96. The molecule has 6 aromatic rings. The van der Waals surface area contributed by atoms with E-state index in [4.69, 9.17) is 24.4 Å². The van der Waals surface area contributed by atoms with Gasteiger partial charge in [-0.2, -0.15) is 0 Å². The quantitative estimate of drug-likeness (QED) is 0.136. The molecule has 2 fully saturated rings. The predicted molar refractivity (Wildman–Crippen MR) is 189 cm³/mol. The van der Waals surface area contributed by atoms with E-state index in [9.17, 15) is 19.2 Å².